The molecular formula is C10H11FN4O4. The first-order valence-corrected chi connectivity index (χ1v) is 5.26. The van der Waals surface area contributed by atoms with Crippen molar-refractivity contribution >= 4 is 5.82 Å². The number of aliphatic hydroxyl groups is 2. The normalized spacial score (nSPS) is 34.1. The zero-order chi connectivity index (χ0) is 14.2. The molecule has 9 heteroatoms. The molecule has 102 valence electrons. The second-order valence-electron chi connectivity index (χ2n) is 3.98. The van der Waals surface area contributed by atoms with Crippen molar-refractivity contribution in [2.75, 3.05) is 12.3 Å². The lowest BCUT2D eigenvalue weighted by Gasteiger charge is -2.22. The van der Waals surface area contributed by atoms with E-state index in [1.165, 1.54) is 0 Å². The molecule has 1 aliphatic heterocycles. The van der Waals surface area contributed by atoms with Crippen LogP contribution in [0.4, 0.5) is 10.2 Å². The summed E-state index contributed by atoms with van der Waals surface area (Å²) in [5.41, 5.74) is 1.57. The van der Waals surface area contributed by atoms with Gasteiger partial charge in [-0.1, -0.05) is 5.92 Å². The van der Waals surface area contributed by atoms with Gasteiger partial charge in [0, 0.05) is 0 Å². The van der Waals surface area contributed by atoms with Crippen molar-refractivity contribution in [3.05, 3.63) is 16.7 Å². The van der Waals surface area contributed by atoms with Gasteiger partial charge in [0.1, 0.15) is 18.0 Å². The van der Waals surface area contributed by atoms with Gasteiger partial charge in [0.2, 0.25) is 11.9 Å². The van der Waals surface area contributed by atoms with Gasteiger partial charge < -0.3 is 20.7 Å². The van der Waals surface area contributed by atoms with Gasteiger partial charge in [0.15, 0.2) is 0 Å². The summed E-state index contributed by atoms with van der Waals surface area (Å²) in [5, 5.41) is 22.2. The standard InChI is InChI=1S/C10H11FN4O4/c1-2-10(11)7(17)5(4-16)19-8(10)15-9(18)14-6(12)3-13-15/h1,3,5,7-8,16-17H,4H2,(H2,12,14,18)/t5-,7+,8-,10?/m1/s1. The molecule has 0 bridgehead atoms. The average Bonchev–Trinajstić information content (AvgIpc) is 2.63. The van der Waals surface area contributed by atoms with Crippen molar-refractivity contribution in [2.24, 2.45) is 0 Å². The second-order valence-corrected chi connectivity index (χ2v) is 3.98. The first-order valence-electron chi connectivity index (χ1n) is 5.26. The van der Waals surface area contributed by atoms with Crippen molar-refractivity contribution in [2.45, 2.75) is 24.1 Å². The molecule has 0 aliphatic carbocycles. The van der Waals surface area contributed by atoms with E-state index < -0.39 is 36.4 Å². The van der Waals surface area contributed by atoms with Crippen LogP contribution in [-0.2, 0) is 4.74 Å². The highest BCUT2D eigenvalue weighted by Crippen LogP contribution is 2.39. The number of nitrogens with two attached hydrogens (primary N) is 1. The van der Waals surface area contributed by atoms with E-state index in [4.69, 9.17) is 22.0 Å². The molecule has 4 atom stereocenters. The zero-order valence-corrected chi connectivity index (χ0v) is 9.60. The Morgan fingerprint density at radius 3 is 2.95 bits per heavy atom. The Hall–Kier alpha value is -2.02. The smallest absolute Gasteiger partial charge is 0.368 e. The highest BCUT2D eigenvalue weighted by atomic mass is 19.1. The Labute approximate surface area is 106 Å². The molecule has 0 aromatic carbocycles. The van der Waals surface area contributed by atoms with Crippen LogP contribution in [0.5, 0.6) is 0 Å². The third-order valence-electron chi connectivity index (χ3n) is 2.80. The number of alkyl halides is 1. The maximum atomic E-state index is 14.5. The molecular weight excluding hydrogens is 259 g/mol. The van der Waals surface area contributed by atoms with E-state index in [1.54, 1.807) is 5.92 Å². The third kappa shape index (κ3) is 1.95. The number of hydrogen-bond acceptors (Lipinski definition) is 7. The third-order valence-corrected chi connectivity index (χ3v) is 2.80. The van der Waals surface area contributed by atoms with Crippen molar-refractivity contribution < 1.29 is 19.3 Å². The van der Waals surface area contributed by atoms with Gasteiger partial charge in [-0.2, -0.15) is 14.8 Å². The topological polar surface area (TPSA) is 123 Å². The fourth-order valence-electron chi connectivity index (χ4n) is 1.81. The number of nitrogens with zero attached hydrogens (tertiary/aromatic N) is 3. The van der Waals surface area contributed by atoms with Gasteiger partial charge >= 0.3 is 5.69 Å². The fourth-order valence-corrected chi connectivity index (χ4v) is 1.81. The summed E-state index contributed by atoms with van der Waals surface area (Å²) in [6, 6.07) is 0. The Morgan fingerprint density at radius 1 is 1.74 bits per heavy atom. The minimum Gasteiger partial charge on any atom is -0.394 e. The molecule has 2 rings (SSSR count). The number of nitrogen functional groups attached to an aromatic ring is 1. The quantitative estimate of drug-likeness (QED) is 0.521. The van der Waals surface area contributed by atoms with Crippen LogP contribution in [0.1, 0.15) is 6.23 Å². The van der Waals surface area contributed by atoms with E-state index in [-0.39, 0.29) is 5.82 Å². The molecule has 2 heterocycles. The largest absolute Gasteiger partial charge is 0.394 e. The van der Waals surface area contributed by atoms with Crippen LogP contribution in [0.15, 0.2) is 11.0 Å². The monoisotopic (exact) mass is 270 g/mol. The number of halogens is 1. The molecule has 0 saturated carbocycles. The molecule has 0 radical (unpaired) electrons. The van der Waals surface area contributed by atoms with Gasteiger partial charge in [-0.15, -0.1) is 6.42 Å². The Kier molecular flexibility index (Phi) is 3.23. The average molecular weight is 270 g/mol. The van der Waals surface area contributed by atoms with Crippen LogP contribution in [-0.4, -0.2) is 49.5 Å². The molecule has 4 N–H and O–H groups in total. The fraction of sp³-hybridized carbons (Fsp3) is 0.500. The number of hydrogen-bond donors (Lipinski definition) is 3. The molecule has 1 unspecified atom stereocenters. The number of anilines is 1. The molecule has 0 amide bonds. The van der Waals surface area contributed by atoms with E-state index in [0.29, 0.717) is 4.68 Å². The van der Waals surface area contributed by atoms with Crippen molar-refractivity contribution in [3.63, 3.8) is 0 Å². The van der Waals surface area contributed by atoms with Crippen molar-refractivity contribution in [1.82, 2.24) is 14.8 Å². The van der Waals surface area contributed by atoms with Crippen LogP contribution < -0.4 is 11.4 Å². The maximum absolute atomic E-state index is 14.5. The van der Waals surface area contributed by atoms with E-state index in [2.05, 4.69) is 10.1 Å². The van der Waals surface area contributed by atoms with Crippen molar-refractivity contribution in [1.29, 1.82) is 0 Å². The number of rotatable bonds is 2. The highest BCUT2D eigenvalue weighted by Gasteiger charge is 2.58. The summed E-state index contributed by atoms with van der Waals surface area (Å²) in [6.07, 6.45) is 1.31. The number of ether oxygens (including phenoxy) is 1. The summed E-state index contributed by atoms with van der Waals surface area (Å²) in [5.74, 6) is 1.58. The van der Waals surface area contributed by atoms with E-state index >= 15 is 0 Å². The van der Waals surface area contributed by atoms with Gasteiger partial charge in [-0.25, -0.2) is 9.18 Å². The Morgan fingerprint density at radius 2 is 2.42 bits per heavy atom. The van der Waals surface area contributed by atoms with Crippen LogP contribution in [0.25, 0.3) is 0 Å². The molecule has 8 nitrogen and oxygen atoms in total. The van der Waals surface area contributed by atoms with Crippen LogP contribution in [0.2, 0.25) is 0 Å². The summed E-state index contributed by atoms with van der Waals surface area (Å²) < 4.78 is 20.1. The van der Waals surface area contributed by atoms with E-state index in [0.717, 1.165) is 6.20 Å². The SMILES string of the molecule is C#CC1(F)[C@@H](O)[C@@H](CO)O[C@H]1n1ncc(N)nc1=O. The molecule has 19 heavy (non-hydrogen) atoms. The first-order chi connectivity index (χ1) is 8.93. The summed E-state index contributed by atoms with van der Waals surface area (Å²) >= 11 is 0. The molecule has 1 saturated heterocycles. The zero-order valence-electron chi connectivity index (χ0n) is 9.60. The maximum Gasteiger partial charge on any atom is 0.368 e. The lowest BCUT2D eigenvalue weighted by molar-refractivity contribution is -0.0609. The summed E-state index contributed by atoms with van der Waals surface area (Å²) in [7, 11) is 0. The van der Waals surface area contributed by atoms with Crippen LogP contribution in [0, 0.1) is 12.3 Å². The van der Waals surface area contributed by atoms with Crippen molar-refractivity contribution in [3.8, 4) is 12.3 Å². The Bertz CT molecular complexity index is 586. The number of terminal acetylenes is 1. The summed E-state index contributed by atoms with van der Waals surface area (Å²) in [4.78, 5) is 14.9. The minimum atomic E-state index is -2.71. The van der Waals surface area contributed by atoms with Crippen LogP contribution >= 0.6 is 0 Å². The van der Waals surface area contributed by atoms with Gasteiger partial charge in [0.25, 0.3) is 0 Å². The summed E-state index contributed by atoms with van der Waals surface area (Å²) in [6.45, 7) is -0.665. The molecule has 1 aliphatic rings. The predicted molar refractivity (Wildman–Crippen MR) is 60.4 cm³/mol. The van der Waals surface area contributed by atoms with Crippen LogP contribution in [0.3, 0.4) is 0 Å². The lowest BCUT2D eigenvalue weighted by atomic mass is 9.97. The second kappa shape index (κ2) is 4.58. The first kappa shape index (κ1) is 13.4. The van der Waals surface area contributed by atoms with Gasteiger partial charge in [-0.05, 0) is 0 Å². The molecule has 1 aromatic rings. The highest BCUT2D eigenvalue weighted by molar-refractivity contribution is 5.22. The van der Waals surface area contributed by atoms with E-state index in [1.807, 2.05) is 0 Å². The Balaban J connectivity index is 2.49. The lowest BCUT2D eigenvalue weighted by Crippen LogP contribution is -2.45. The molecule has 0 spiro atoms. The predicted octanol–water partition coefficient (Wildman–Crippen LogP) is -2.19. The molecule has 1 aromatic heterocycles. The number of aromatic nitrogens is 3. The minimum absolute atomic E-state index is 0.149. The van der Waals surface area contributed by atoms with Gasteiger partial charge in [-0.3, -0.25) is 0 Å². The number of aliphatic hydroxyl groups excluding tert-OH is 2. The van der Waals surface area contributed by atoms with E-state index in [9.17, 15) is 14.3 Å². The van der Waals surface area contributed by atoms with Gasteiger partial charge in [0.05, 0.1) is 12.8 Å². The molecule has 1 fully saturated rings.